The van der Waals surface area contributed by atoms with Crippen LogP contribution < -0.4 is 9.62 Å². The number of halogens is 1. The predicted molar refractivity (Wildman–Crippen MR) is 112 cm³/mol. The molecule has 0 saturated heterocycles. The number of benzene rings is 3. The van der Waals surface area contributed by atoms with E-state index in [0.29, 0.717) is 11.3 Å². The van der Waals surface area contributed by atoms with Crippen molar-refractivity contribution >= 4 is 27.3 Å². The fourth-order valence-corrected chi connectivity index (χ4v) is 4.38. The van der Waals surface area contributed by atoms with Gasteiger partial charge in [-0.15, -0.1) is 0 Å². The Bertz CT molecular complexity index is 1130. The van der Waals surface area contributed by atoms with Crippen molar-refractivity contribution < 1.29 is 17.6 Å². The van der Waals surface area contributed by atoms with Crippen LogP contribution in [0, 0.1) is 19.7 Å². The third-order valence-corrected chi connectivity index (χ3v) is 6.08. The maximum Gasteiger partial charge on any atom is 0.264 e. The molecule has 0 radical (unpaired) electrons. The highest BCUT2D eigenvalue weighted by Gasteiger charge is 2.27. The molecule has 3 aromatic rings. The summed E-state index contributed by atoms with van der Waals surface area (Å²) in [6.07, 6.45) is 0. The van der Waals surface area contributed by atoms with Crippen molar-refractivity contribution in [2.24, 2.45) is 0 Å². The SMILES string of the molecule is Cc1cccc(S(=O)(=O)N(CC(=O)Nc2ccc(C)cc2F)c2ccccc2)c1. The highest BCUT2D eigenvalue weighted by Crippen LogP contribution is 2.24. The van der Waals surface area contributed by atoms with Gasteiger partial charge < -0.3 is 5.32 Å². The van der Waals surface area contributed by atoms with E-state index in [9.17, 15) is 17.6 Å². The summed E-state index contributed by atoms with van der Waals surface area (Å²) in [4.78, 5) is 12.7. The number of anilines is 2. The molecule has 0 aliphatic heterocycles. The van der Waals surface area contributed by atoms with Crippen LogP contribution in [0.25, 0.3) is 0 Å². The van der Waals surface area contributed by atoms with E-state index in [0.717, 1.165) is 9.87 Å². The van der Waals surface area contributed by atoms with Gasteiger partial charge in [-0.25, -0.2) is 12.8 Å². The van der Waals surface area contributed by atoms with Crippen LogP contribution in [-0.2, 0) is 14.8 Å². The van der Waals surface area contributed by atoms with Crippen LogP contribution in [0.3, 0.4) is 0 Å². The zero-order valence-corrected chi connectivity index (χ0v) is 16.9. The first-order chi connectivity index (χ1) is 13.8. The molecule has 0 spiro atoms. The minimum atomic E-state index is -4.00. The Morgan fingerprint density at radius 1 is 0.931 bits per heavy atom. The largest absolute Gasteiger partial charge is 0.322 e. The van der Waals surface area contributed by atoms with Crippen molar-refractivity contribution in [1.82, 2.24) is 0 Å². The lowest BCUT2D eigenvalue weighted by Gasteiger charge is -2.24. The van der Waals surface area contributed by atoms with Crippen molar-refractivity contribution in [3.63, 3.8) is 0 Å². The second-order valence-electron chi connectivity index (χ2n) is 6.70. The van der Waals surface area contributed by atoms with Crippen molar-refractivity contribution in [2.75, 3.05) is 16.2 Å². The fourth-order valence-electron chi connectivity index (χ4n) is 2.85. The Morgan fingerprint density at radius 3 is 2.28 bits per heavy atom. The molecule has 0 bridgehead atoms. The van der Waals surface area contributed by atoms with Gasteiger partial charge in [0, 0.05) is 0 Å². The van der Waals surface area contributed by atoms with Crippen molar-refractivity contribution in [1.29, 1.82) is 0 Å². The standard InChI is InChI=1S/C22H21FN2O3S/c1-16-7-6-10-19(13-16)29(27,28)25(18-8-4-3-5-9-18)15-22(26)24-21-12-11-17(2)14-20(21)23/h3-14H,15H2,1-2H3,(H,24,26). The first-order valence-corrected chi connectivity index (χ1v) is 10.4. The van der Waals surface area contributed by atoms with Gasteiger partial charge in [-0.1, -0.05) is 36.4 Å². The van der Waals surface area contributed by atoms with Gasteiger partial charge in [-0.2, -0.15) is 0 Å². The number of nitrogens with one attached hydrogen (secondary N) is 1. The van der Waals surface area contributed by atoms with Crippen molar-refractivity contribution in [2.45, 2.75) is 18.7 Å². The second-order valence-corrected chi connectivity index (χ2v) is 8.56. The molecule has 3 rings (SSSR count). The second kappa shape index (κ2) is 8.45. The topological polar surface area (TPSA) is 66.5 Å². The van der Waals surface area contributed by atoms with Crippen LogP contribution in [0.1, 0.15) is 11.1 Å². The molecule has 0 aromatic heterocycles. The molecule has 29 heavy (non-hydrogen) atoms. The van der Waals surface area contributed by atoms with Gasteiger partial charge in [-0.05, 0) is 61.4 Å². The number of rotatable bonds is 6. The van der Waals surface area contributed by atoms with Crippen LogP contribution in [0.5, 0.6) is 0 Å². The molecule has 0 fully saturated rings. The maximum atomic E-state index is 14.1. The van der Waals surface area contributed by atoms with Gasteiger partial charge in [0.2, 0.25) is 5.91 Å². The summed E-state index contributed by atoms with van der Waals surface area (Å²) in [5.74, 6) is -1.22. The minimum Gasteiger partial charge on any atom is -0.322 e. The number of hydrogen-bond donors (Lipinski definition) is 1. The first kappa shape index (κ1) is 20.5. The van der Waals surface area contributed by atoms with Crippen LogP contribution in [0.4, 0.5) is 15.8 Å². The number of para-hydroxylation sites is 1. The summed E-state index contributed by atoms with van der Waals surface area (Å²) in [5.41, 5.74) is 1.84. The van der Waals surface area contributed by atoms with E-state index in [2.05, 4.69) is 5.32 Å². The molecule has 0 heterocycles. The van der Waals surface area contributed by atoms with Gasteiger partial charge >= 0.3 is 0 Å². The van der Waals surface area contributed by atoms with Gasteiger partial charge in [-0.3, -0.25) is 9.10 Å². The number of hydrogen-bond acceptors (Lipinski definition) is 3. The molecule has 0 atom stereocenters. The molecule has 7 heteroatoms. The summed E-state index contributed by atoms with van der Waals surface area (Å²) < 4.78 is 41.6. The fraction of sp³-hybridized carbons (Fsp3) is 0.136. The van der Waals surface area contributed by atoms with Crippen LogP contribution in [0.15, 0.2) is 77.7 Å². The Labute approximate surface area is 169 Å². The minimum absolute atomic E-state index is 0.00145. The average molecular weight is 412 g/mol. The Morgan fingerprint density at radius 2 is 1.62 bits per heavy atom. The summed E-state index contributed by atoms with van der Waals surface area (Å²) >= 11 is 0. The Kier molecular flexibility index (Phi) is 5.98. The molecule has 5 nitrogen and oxygen atoms in total. The number of carbonyl (C=O) groups excluding carboxylic acids is 1. The number of aryl methyl sites for hydroxylation is 2. The van der Waals surface area contributed by atoms with Crippen molar-refractivity contribution in [3.05, 3.63) is 89.7 Å². The molecule has 1 N–H and O–H groups in total. The smallest absolute Gasteiger partial charge is 0.264 e. The predicted octanol–water partition coefficient (Wildman–Crippen LogP) is 4.28. The molecule has 0 saturated carbocycles. The monoisotopic (exact) mass is 412 g/mol. The van der Waals surface area contributed by atoms with E-state index < -0.39 is 28.3 Å². The normalized spacial score (nSPS) is 11.1. The van der Waals surface area contributed by atoms with Gasteiger partial charge in [0.05, 0.1) is 16.3 Å². The third-order valence-electron chi connectivity index (χ3n) is 4.31. The van der Waals surface area contributed by atoms with E-state index >= 15 is 0 Å². The number of amides is 1. The lowest BCUT2D eigenvalue weighted by molar-refractivity contribution is -0.114. The summed E-state index contributed by atoms with van der Waals surface area (Å²) in [6.45, 7) is 3.03. The van der Waals surface area contributed by atoms with Gasteiger partial charge in [0.25, 0.3) is 10.0 Å². The molecule has 150 valence electrons. The van der Waals surface area contributed by atoms with E-state index in [4.69, 9.17) is 0 Å². The van der Waals surface area contributed by atoms with E-state index in [1.54, 1.807) is 68.4 Å². The Hall–Kier alpha value is -3.19. The lowest BCUT2D eigenvalue weighted by atomic mass is 10.2. The molecule has 0 unspecified atom stereocenters. The summed E-state index contributed by atoms with van der Waals surface area (Å²) in [5, 5.41) is 2.45. The first-order valence-electron chi connectivity index (χ1n) is 8.98. The average Bonchev–Trinajstić information content (AvgIpc) is 2.69. The lowest BCUT2D eigenvalue weighted by Crippen LogP contribution is -2.38. The Balaban J connectivity index is 1.93. The highest BCUT2D eigenvalue weighted by atomic mass is 32.2. The molecule has 3 aromatic carbocycles. The van der Waals surface area contributed by atoms with Gasteiger partial charge in [0.15, 0.2) is 0 Å². The molecule has 0 aliphatic rings. The highest BCUT2D eigenvalue weighted by molar-refractivity contribution is 7.92. The number of carbonyl (C=O) groups is 1. The molecule has 1 amide bonds. The van der Waals surface area contributed by atoms with Crippen LogP contribution >= 0.6 is 0 Å². The van der Waals surface area contributed by atoms with E-state index in [1.807, 2.05) is 0 Å². The molecular weight excluding hydrogens is 391 g/mol. The summed E-state index contributed by atoms with van der Waals surface area (Å²) in [7, 11) is -4.00. The van der Waals surface area contributed by atoms with E-state index in [1.165, 1.54) is 18.2 Å². The van der Waals surface area contributed by atoms with E-state index in [-0.39, 0.29) is 10.6 Å². The third kappa shape index (κ3) is 4.81. The molecule has 0 aliphatic carbocycles. The van der Waals surface area contributed by atoms with Crippen molar-refractivity contribution in [3.8, 4) is 0 Å². The zero-order chi connectivity index (χ0) is 21.0. The summed E-state index contributed by atoms with van der Waals surface area (Å²) in [6, 6.07) is 19.2. The number of nitrogens with zero attached hydrogens (tertiary/aromatic N) is 1. The van der Waals surface area contributed by atoms with Crippen LogP contribution in [-0.4, -0.2) is 20.9 Å². The van der Waals surface area contributed by atoms with Gasteiger partial charge in [0.1, 0.15) is 12.4 Å². The maximum absolute atomic E-state index is 14.1. The quantitative estimate of drug-likeness (QED) is 0.657. The number of sulfonamides is 1. The molecular formula is C22H21FN2O3S. The zero-order valence-electron chi connectivity index (χ0n) is 16.1. The van der Waals surface area contributed by atoms with Crippen LogP contribution in [0.2, 0.25) is 0 Å².